The van der Waals surface area contributed by atoms with E-state index in [-0.39, 0.29) is 23.2 Å². The van der Waals surface area contributed by atoms with Gasteiger partial charge in [0.25, 0.3) is 0 Å². The Morgan fingerprint density at radius 1 is 0.950 bits per heavy atom. The van der Waals surface area contributed by atoms with E-state index in [4.69, 9.17) is 16.3 Å². The fourth-order valence-corrected chi connectivity index (χ4v) is 3.87. The normalized spacial score (nSPS) is 10.6. The third-order valence-corrected chi connectivity index (χ3v) is 6.07. The molecule has 5 amide bonds. The molecule has 4 N–H and O–H groups in total. The minimum atomic E-state index is -0.765. The van der Waals surface area contributed by atoms with E-state index in [0.717, 1.165) is 26.1 Å². The number of rotatable bonds is 12. The highest BCUT2D eigenvalue weighted by molar-refractivity contribution is 6.33. The van der Waals surface area contributed by atoms with Gasteiger partial charge in [0.2, 0.25) is 5.91 Å². The lowest BCUT2D eigenvalue weighted by Crippen LogP contribution is -2.35. The van der Waals surface area contributed by atoms with Gasteiger partial charge in [-0.3, -0.25) is 15.4 Å². The van der Waals surface area contributed by atoms with E-state index in [2.05, 4.69) is 45.0 Å². The fourth-order valence-electron chi connectivity index (χ4n) is 3.66. The predicted molar refractivity (Wildman–Crippen MR) is 152 cm³/mol. The monoisotopic (exact) mass is 570 g/mol. The molecule has 0 saturated carbocycles. The minimum absolute atomic E-state index is 0.0880. The predicted octanol–water partition coefficient (Wildman–Crippen LogP) is 5.41. The standard InChI is InChI=1S/C28H32ClFN6O4/c1-3-36(4-2)15-5-13-32-27(38)34-25-18-22(12-14-31-25)40-21-10-11-24(23(29)17-21)33-28(39)35-26(37)16-19-6-8-20(30)9-7-19/h6-12,14,17-18H,3-5,13,15-16H2,1-2H3,(H2,31,32,34,38)(H2,33,35,37,39). The lowest BCUT2D eigenvalue weighted by atomic mass is 10.1. The molecule has 0 aliphatic heterocycles. The number of carbonyl (C=O) groups is 3. The summed E-state index contributed by atoms with van der Waals surface area (Å²) in [6.45, 7) is 7.60. The van der Waals surface area contributed by atoms with Gasteiger partial charge in [-0.05, 0) is 62.0 Å². The Morgan fingerprint density at radius 2 is 1.68 bits per heavy atom. The average Bonchev–Trinajstić information content (AvgIpc) is 2.92. The van der Waals surface area contributed by atoms with Crippen molar-refractivity contribution in [3.63, 3.8) is 0 Å². The molecule has 0 atom stereocenters. The van der Waals surface area contributed by atoms with E-state index < -0.39 is 17.8 Å². The van der Waals surface area contributed by atoms with Gasteiger partial charge in [0.1, 0.15) is 23.1 Å². The molecule has 3 aromatic rings. The maximum absolute atomic E-state index is 13.0. The SMILES string of the molecule is CCN(CC)CCCNC(=O)Nc1cc(Oc2ccc(NC(=O)NC(=O)Cc3ccc(F)cc3)c(Cl)c2)ccn1. The van der Waals surface area contributed by atoms with Gasteiger partial charge in [0.15, 0.2) is 0 Å². The van der Waals surface area contributed by atoms with Crippen molar-refractivity contribution in [2.45, 2.75) is 26.7 Å². The number of pyridine rings is 1. The molecule has 0 radical (unpaired) electrons. The Kier molecular flexibility index (Phi) is 11.7. The van der Waals surface area contributed by atoms with E-state index in [1.807, 2.05) is 0 Å². The highest BCUT2D eigenvalue weighted by Gasteiger charge is 2.12. The fraction of sp³-hybridized carbons (Fsp3) is 0.286. The molecule has 1 aromatic heterocycles. The first-order chi connectivity index (χ1) is 19.2. The van der Waals surface area contributed by atoms with Crippen LogP contribution in [0.2, 0.25) is 5.02 Å². The summed E-state index contributed by atoms with van der Waals surface area (Å²) in [5.41, 5.74) is 0.822. The second-order valence-electron chi connectivity index (χ2n) is 8.69. The molecule has 212 valence electrons. The molecule has 0 aliphatic carbocycles. The number of amides is 5. The van der Waals surface area contributed by atoms with E-state index in [1.165, 1.54) is 42.6 Å². The molecule has 0 unspecified atom stereocenters. The molecular formula is C28H32ClFN6O4. The van der Waals surface area contributed by atoms with Crippen LogP contribution in [0.1, 0.15) is 25.8 Å². The number of benzene rings is 2. The molecule has 1 heterocycles. The molecule has 0 aliphatic rings. The zero-order valence-corrected chi connectivity index (χ0v) is 23.1. The molecule has 0 saturated heterocycles. The second kappa shape index (κ2) is 15.4. The first-order valence-electron chi connectivity index (χ1n) is 12.8. The zero-order valence-electron chi connectivity index (χ0n) is 22.3. The number of hydrogen-bond donors (Lipinski definition) is 4. The van der Waals surface area contributed by atoms with Crippen LogP contribution in [-0.4, -0.2) is 54.0 Å². The van der Waals surface area contributed by atoms with Crippen LogP contribution in [-0.2, 0) is 11.2 Å². The highest BCUT2D eigenvalue weighted by atomic mass is 35.5. The van der Waals surface area contributed by atoms with E-state index in [9.17, 15) is 18.8 Å². The average molecular weight is 571 g/mol. The number of urea groups is 2. The van der Waals surface area contributed by atoms with Crippen molar-refractivity contribution in [1.29, 1.82) is 0 Å². The number of aromatic nitrogens is 1. The summed E-state index contributed by atoms with van der Waals surface area (Å²) >= 11 is 6.30. The second-order valence-corrected chi connectivity index (χ2v) is 9.09. The van der Waals surface area contributed by atoms with Gasteiger partial charge in [-0.1, -0.05) is 37.6 Å². The summed E-state index contributed by atoms with van der Waals surface area (Å²) in [5, 5.41) is 10.4. The summed E-state index contributed by atoms with van der Waals surface area (Å²) in [6, 6.07) is 12.1. The molecule has 0 spiro atoms. The van der Waals surface area contributed by atoms with Gasteiger partial charge >= 0.3 is 12.1 Å². The van der Waals surface area contributed by atoms with Gasteiger partial charge < -0.3 is 20.3 Å². The highest BCUT2D eigenvalue weighted by Crippen LogP contribution is 2.30. The lowest BCUT2D eigenvalue weighted by Gasteiger charge is -2.17. The first kappa shape index (κ1) is 30.3. The maximum Gasteiger partial charge on any atom is 0.325 e. The quantitative estimate of drug-likeness (QED) is 0.216. The van der Waals surface area contributed by atoms with Gasteiger partial charge in [-0.25, -0.2) is 19.0 Å². The lowest BCUT2D eigenvalue weighted by molar-refractivity contribution is -0.119. The summed E-state index contributed by atoms with van der Waals surface area (Å²) in [4.78, 5) is 42.9. The first-order valence-corrected chi connectivity index (χ1v) is 13.2. The summed E-state index contributed by atoms with van der Waals surface area (Å²) in [6.07, 6.45) is 2.25. The smallest absolute Gasteiger partial charge is 0.325 e. The minimum Gasteiger partial charge on any atom is -0.457 e. The number of hydrogen-bond acceptors (Lipinski definition) is 6. The van der Waals surface area contributed by atoms with Crippen LogP contribution in [0.25, 0.3) is 0 Å². The Labute approximate surface area is 237 Å². The van der Waals surface area contributed by atoms with Crippen molar-refractivity contribution < 1.29 is 23.5 Å². The summed E-state index contributed by atoms with van der Waals surface area (Å²) < 4.78 is 18.8. The van der Waals surface area contributed by atoms with Crippen molar-refractivity contribution >= 4 is 41.1 Å². The van der Waals surface area contributed by atoms with Crippen molar-refractivity contribution in [2.24, 2.45) is 0 Å². The molecular weight excluding hydrogens is 539 g/mol. The van der Waals surface area contributed by atoms with Crippen LogP contribution < -0.4 is 26.0 Å². The Bertz CT molecular complexity index is 1300. The van der Waals surface area contributed by atoms with Crippen molar-refractivity contribution in [1.82, 2.24) is 20.5 Å². The summed E-state index contributed by atoms with van der Waals surface area (Å²) in [5.74, 6) is 0.125. The maximum atomic E-state index is 13.0. The topological polar surface area (TPSA) is 125 Å². The summed E-state index contributed by atoms with van der Waals surface area (Å²) in [7, 11) is 0. The van der Waals surface area contributed by atoms with Crippen molar-refractivity contribution in [3.8, 4) is 11.5 Å². The molecule has 0 bridgehead atoms. The molecule has 10 nitrogen and oxygen atoms in total. The van der Waals surface area contributed by atoms with Crippen molar-refractivity contribution in [3.05, 3.63) is 77.2 Å². The third-order valence-electron chi connectivity index (χ3n) is 5.76. The number of nitrogens with one attached hydrogen (secondary N) is 4. The molecule has 40 heavy (non-hydrogen) atoms. The van der Waals surface area contributed by atoms with E-state index >= 15 is 0 Å². The number of nitrogens with zero attached hydrogens (tertiary/aromatic N) is 2. The molecule has 3 rings (SSSR count). The largest absolute Gasteiger partial charge is 0.457 e. The molecule has 2 aromatic carbocycles. The molecule has 0 fully saturated rings. The molecule has 12 heteroatoms. The number of imide groups is 1. The number of carbonyl (C=O) groups excluding carboxylic acids is 3. The van der Waals surface area contributed by atoms with Gasteiger partial charge in [-0.2, -0.15) is 0 Å². The van der Waals surface area contributed by atoms with Crippen LogP contribution >= 0.6 is 11.6 Å². The Balaban J connectivity index is 1.48. The van der Waals surface area contributed by atoms with Crippen molar-refractivity contribution in [2.75, 3.05) is 36.8 Å². The van der Waals surface area contributed by atoms with Crippen LogP contribution in [0, 0.1) is 5.82 Å². The third kappa shape index (κ3) is 10.2. The van der Waals surface area contributed by atoms with Crippen LogP contribution in [0.3, 0.4) is 0 Å². The Hall–Kier alpha value is -4.22. The van der Waals surface area contributed by atoms with E-state index in [0.29, 0.717) is 29.4 Å². The number of anilines is 2. The van der Waals surface area contributed by atoms with Gasteiger partial charge in [-0.15, -0.1) is 0 Å². The van der Waals surface area contributed by atoms with Gasteiger partial charge in [0, 0.05) is 24.9 Å². The number of halogens is 2. The van der Waals surface area contributed by atoms with E-state index in [1.54, 1.807) is 18.2 Å². The Morgan fingerprint density at radius 3 is 2.38 bits per heavy atom. The van der Waals surface area contributed by atoms with Crippen LogP contribution in [0.4, 0.5) is 25.5 Å². The van der Waals surface area contributed by atoms with Crippen LogP contribution in [0.15, 0.2) is 60.8 Å². The van der Waals surface area contributed by atoms with Gasteiger partial charge in [0.05, 0.1) is 17.1 Å². The number of ether oxygens (including phenoxy) is 1. The van der Waals surface area contributed by atoms with Crippen LogP contribution in [0.5, 0.6) is 11.5 Å². The zero-order chi connectivity index (χ0) is 28.9.